The highest BCUT2D eigenvalue weighted by Crippen LogP contribution is 2.39. The number of aryl methyl sites for hydroxylation is 2. The van der Waals surface area contributed by atoms with Gasteiger partial charge in [-0.15, -0.1) is 0 Å². The molecule has 4 rings (SSSR count). The average Bonchev–Trinajstić information content (AvgIpc) is 3.34. The minimum atomic E-state index is -3.24. The number of para-hydroxylation sites is 1. The lowest BCUT2D eigenvalue weighted by molar-refractivity contribution is 0.117. The molecule has 2 aliphatic heterocycles. The molecule has 2 aliphatic rings. The molecular formula is C28H34O5S. The number of ether oxygens (including phenoxy) is 2. The molecule has 0 aromatic heterocycles. The summed E-state index contributed by atoms with van der Waals surface area (Å²) in [6, 6.07) is 13.5. The van der Waals surface area contributed by atoms with Gasteiger partial charge in [0.1, 0.15) is 23.4 Å². The minimum absolute atomic E-state index is 0.0589. The third kappa shape index (κ3) is 5.39. The lowest BCUT2D eigenvalue weighted by atomic mass is 9.94. The Bertz CT molecular complexity index is 1170. The molecule has 1 N–H and O–H groups in total. The molecule has 0 radical (unpaired) electrons. The third-order valence-electron chi connectivity index (χ3n) is 6.70. The standard InChI is InChI=1S/C28H34O5S/c1-4-8-21(15-22-13-19(2)28(29)20(3)14-22)11-12-25-27-23(16-32-24-9-6-5-7-10-24)18-34(30,31)26(27)17-33-25/h5-7,9-10,13-15,25-26,29H,4,8,11-12,16-18H2,1-3H3/b21-15+/t25-,26+/m1/s1. The van der Waals surface area contributed by atoms with Gasteiger partial charge in [-0.3, -0.25) is 0 Å². The molecule has 2 atom stereocenters. The maximum atomic E-state index is 12.8. The van der Waals surface area contributed by atoms with Crippen molar-refractivity contribution in [3.8, 4) is 11.5 Å². The summed E-state index contributed by atoms with van der Waals surface area (Å²) in [5.74, 6) is 1.14. The van der Waals surface area contributed by atoms with Crippen LogP contribution < -0.4 is 4.74 Å². The molecule has 2 aromatic carbocycles. The van der Waals surface area contributed by atoms with Gasteiger partial charge in [0.05, 0.1) is 18.5 Å². The Labute approximate surface area is 203 Å². The van der Waals surface area contributed by atoms with Crippen LogP contribution in [0.5, 0.6) is 11.5 Å². The smallest absolute Gasteiger partial charge is 0.163 e. The van der Waals surface area contributed by atoms with Crippen molar-refractivity contribution in [1.29, 1.82) is 0 Å². The summed E-state index contributed by atoms with van der Waals surface area (Å²) in [5.41, 5.74) is 5.90. The molecule has 34 heavy (non-hydrogen) atoms. The quantitative estimate of drug-likeness (QED) is 0.475. The fourth-order valence-electron chi connectivity index (χ4n) is 5.04. The highest BCUT2D eigenvalue weighted by Gasteiger charge is 2.46. The van der Waals surface area contributed by atoms with Crippen molar-refractivity contribution in [3.63, 3.8) is 0 Å². The number of hydrogen-bond donors (Lipinski definition) is 1. The Morgan fingerprint density at radius 2 is 1.85 bits per heavy atom. The fourth-order valence-corrected chi connectivity index (χ4v) is 6.96. The van der Waals surface area contributed by atoms with Gasteiger partial charge in [0.2, 0.25) is 0 Å². The number of hydrogen-bond acceptors (Lipinski definition) is 5. The van der Waals surface area contributed by atoms with E-state index in [1.54, 1.807) is 0 Å². The van der Waals surface area contributed by atoms with E-state index in [0.29, 0.717) is 5.75 Å². The summed E-state index contributed by atoms with van der Waals surface area (Å²) >= 11 is 0. The Kier molecular flexibility index (Phi) is 7.48. The molecule has 1 saturated heterocycles. The second-order valence-electron chi connectivity index (χ2n) is 9.37. The highest BCUT2D eigenvalue weighted by molar-refractivity contribution is 7.92. The molecule has 0 spiro atoms. The molecule has 5 nitrogen and oxygen atoms in total. The van der Waals surface area contributed by atoms with Gasteiger partial charge < -0.3 is 14.6 Å². The molecule has 0 amide bonds. The monoisotopic (exact) mass is 482 g/mol. The molecule has 182 valence electrons. The van der Waals surface area contributed by atoms with Crippen molar-refractivity contribution in [2.24, 2.45) is 0 Å². The van der Waals surface area contributed by atoms with Crippen LogP contribution in [0, 0.1) is 13.8 Å². The van der Waals surface area contributed by atoms with Crippen LogP contribution in [0.2, 0.25) is 0 Å². The Hall–Kier alpha value is -2.57. The number of phenolic OH excluding ortho intramolecular Hbond substituents is 1. The number of allylic oxidation sites excluding steroid dienone is 1. The summed E-state index contributed by atoms with van der Waals surface area (Å²) in [4.78, 5) is 0. The first kappa shape index (κ1) is 24.6. The van der Waals surface area contributed by atoms with Gasteiger partial charge in [-0.2, -0.15) is 0 Å². The van der Waals surface area contributed by atoms with Crippen LogP contribution in [-0.4, -0.2) is 43.8 Å². The molecule has 0 unspecified atom stereocenters. The third-order valence-corrected chi connectivity index (χ3v) is 8.71. The van der Waals surface area contributed by atoms with E-state index < -0.39 is 15.1 Å². The fraction of sp³-hybridized carbons (Fsp3) is 0.429. The van der Waals surface area contributed by atoms with Crippen LogP contribution in [0.1, 0.15) is 49.3 Å². The molecule has 0 bridgehead atoms. The Morgan fingerprint density at radius 1 is 1.15 bits per heavy atom. The van der Waals surface area contributed by atoms with Gasteiger partial charge in [0.15, 0.2) is 9.84 Å². The number of fused-ring (bicyclic) bond motifs is 1. The summed E-state index contributed by atoms with van der Waals surface area (Å²) in [5, 5.41) is 9.55. The first-order valence-electron chi connectivity index (χ1n) is 12.0. The summed E-state index contributed by atoms with van der Waals surface area (Å²) in [6.45, 7) is 6.50. The van der Waals surface area contributed by atoms with Gasteiger partial charge in [-0.1, -0.05) is 43.2 Å². The normalized spacial score (nSPS) is 21.7. The van der Waals surface area contributed by atoms with Crippen LogP contribution in [0.4, 0.5) is 0 Å². The van der Waals surface area contributed by atoms with Crippen LogP contribution in [-0.2, 0) is 14.6 Å². The van der Waals surface area contributed by atoms with E-state index in [0.717, 1.165) is 59.3 Å². The number of aromatic hydroxyl groups is 1. The van der Waals surface area contributed by atoms with E-state index in [2.05, 4.69) is 13.0 Å². The maximum absolute atomic E-state index is 12.8. The number of sulfone groups is 1. The van der Waals surface area contributed by atoms with Crippen molar-refractivity contribution in [1.82, 2.24) is 0 Å². The van der Waals surface area contributed by atoms with E-state index in [4.69, 9.17) is 9.47 Å². The van der Waals surface area contributed by atoms with Crippen LogP contribution >= 0.6 is 0 Å². The van der Waals surface area contributed by atoms with Gasteiger partial charge >= 0.3 is 0 Å². The molecule has 0 saturated carbocycles. The Morgan fingerprint density at radius 3 is 2.53 bits per heavy atom. The lowest BCUT2D eigenvalue weighted by Gasteiger charge is -2.16. The summed E-state index contributed by atoms with van der Waals surface area (Å²) in [7, 11) is -3.24. The average molecular weight is 483 g/mol. The van der Waals surface area contributed by atoms with Crippen molar-refractivity contribution >= 4 is 15.9 Å². The molecular weight excluding hydrogens is 448 g/mol. The van der Waals surface area contributed by atoms with E-state index >= 15 is 0 Å². The van der Waals surface area contributed by atoms with Crippen LogP contribution in [0.15, 0.2) is 59.2 Å². The second-order valence-corrected chi connectivity index (χ2v) is 11.6. The largest absolute Gasteiger partial charge is 0.507 e. The number of rotatable bonds is 9. The van der Waals surface area contributed by atoms with E-state index in [9.17, 15) is 13.5 Å². The van der Waals surface area contributed by atoms with Gasteiger partial charge in [-0.25, -0.2) is 8.42 Å². The predicted octanol–water partition coefficient (Wildman–Crippen LogP) is 5.54. The van der Waals surface area contributed by atoms with Gasteiger partial charge in [0, 0.05) is 0 Å². The SMILES string of the molecule is CCC/C(=C\c1cc(C)c(O)c(C)c1)CC[C@H]1OC[C@H]2C1=C(COc1ccccc1)CS2(=O)=O. The minimum Gasteiger partial charge on any atom is -0.507 e. The highest BCUT2D eigenvalue weighted by atomic mass is 32.2. The summed E-state index contributed by atoms with van der Waals surface area (Å²) < 4.78 is 37.5. The Balaban J connectivity index is 1.51. The van der Waals surface area contributed by atoms with Gasteiger partial charge in [0.25, 0.3) is 0 Å². The molecule has 2 heterocycles. The molecule has 2 aromatic rings. The molecule has 6 heteroatoms. The van der Waals surface area contributed by atoms with Crippen molar-refractivity contribution < 1.29 is 23.0 Å². The van der Waals surface area contributed by atoms with Crippen LogP contribution in [0.3, 0.4) is 0 Å². The number of phenols is 1. The van der Waals surface area contributed by atoms with Crippen LogP contribution in [0.25, 0.3) is 6.08 Å². The first-order valence-corrected chi connectivity index (χ1v) is 13.7. The van der Waals surface area contributed by atoms with E-state index in [1.165, 1.54) is 5.57 Å². The van der Waals surface area contributed by atoms with E-state index in [1.807, 2.05) is 56.3 Å². The zero-order valence-electron chi connectivity index (χ0n) is 20.2. The zero-order chi connectivity index (χ0) is 24.3. The zero-order valence-corrected chi connectivity index (χ0v) is 21.0. The lowest BCUT2D eigenvalue weighted by Crippen LogP contribution is -2.19. The summed E-state index contributed by atoms with van der Waals surface area (Å²) in [6.07, 6.45) is 5.59. The van der Waals surface area contributed by atoms with Crippen molar-refractivity contribution in [2.75, 3.05) is 19.0 Å². The first-order chi connectivity index (χ1) is 16.3. The molecule has 1 fully saturated rings. The second kappa shape index (κ2) is 10.4. The maximum Gasteiger partial charge on any atom is 0.163 e. The molecule has 0 aliphatic carbocycles. The predicted molar refractivity (Wildman–Crippen MR) is 136 cm³/mol. The van der Waals surface area contributed by atoms with E-state index in [-0.39, 0.29) is 25.1 Å². The number of benzene rings is 2. The van der Waals surface area contributed by atoms with Crippen molar-refractivity contribution in [3.05, 3.63) is 75.9 Å². The van der Waals surface area contributed by atoms with Crippen molar-refractivity contribution in [2.45, 2.75) is 57.8 Å². The topological polar surface area (TPSA) is 72.8 Å². The van der Waals surface area contributed by atoms with Gasteiger partial charge in [-0.05, 0) is 85.2 Å².